The molecule has 3 rings (SSSR count). The predicted molar refractivity (Wildman–Crippen MR) is 114 cm³/mol. The van der Waals surface area contributed by atoms with Gasteiger partial charge in [-0.1, -0.05) is 56.7 Å². The van der Waals surface area contributed by atoms with Crippen LogP contribution < -0.4 is 0 Å². The van der Waals surface area contributed by atoms with E-state index < -0.39 is 9.84 Å². The number of hydrogen-bond donors (Lipinski definition) is 0. The van der Waals surface area contributed by atoms with E-state index in [1.165, 1.54) is 11.1 Å². The van der Waals surface area contributed by atoms with Crippen LogP contribution in [-0.4, -0.2) is 36.8 Å². The minimum absolute atomic E-state index is 0.0689. The Morgan fingerprint density at radius 3 is 2.29 bits per heavy atom. The van der Waals surface area contributed by atoms with Crippen LogP contribution in [0.5, 0.6) is 0 Å². The minimum atomic E-state index is -3.05. The SMILES string of the molecule is CCc1ccc(CN(C(=O)[C@@H]2[C@H](C=C(C)C)C2(C)C)[C@H]2CCS(=O)(=O)C2)cc1. The lowest BCUT2D eigenvalue weighted by molar-refractivity contribution is -0.136. The van der Waals surface area contributed by atoms with Gasteiger partial charge in [0.15, 0.2) is 9.84 Å². The molecule has 1 aliphatic carbocycles. The third-order valence-corrected chi connectivity index (χ3v) is 8.16. The summed E-state index contributed by atoms with van der Waals surface area (Å²) in [6.45, 7) is 11.0. The summed E-state index contributed by atoms with van der Waals surface area (Å²) in [6.07, 6.45) is 3.72. The van der Waals surface area contributed by atoms with Crippen molar-refractivity contribution in [1.29, 1.82) is 0 Å². The number of benzene rings is 1. The maximum absolute atomic E-state index is 13.5. The summed E-state index contributed by atoms with van der Waals surface area (Å²) in [6, 6.07) is 8.10. The number of allylic oxidation sites excluding steroid dienone is 2. The van der Waals surface area contributed by atoms with Gasteiger partial charge >= 0.3 is 0 Å². The number of hydrogen-bond acceptors (Lipinski definition) is 3. The molecule has 0 bridgehead atoms. The fourth-order valence-corrected chi connectivity index (χ4v) is 6.21. The van der Waals surface area contributed by atoms with Gasteiger partial charge in [-0.2, -0.15) is 0 Å². The first-order valence-electron chi connectivity index (χ1n) is 10.3. The lowest BCUT2D eigenvalue weighted by Crippen LogP contribution is -2.42. The summed E-state index contributed by atoms with van der Waals surface area (Å²) in [4.78, 5) is 15.4. The average molecular weight is 404 g/mol. The maximum atomic E-state index is 13.5. The van der Waals surface area contributed by atoms with Crippen LogP contribution in [-0.2, 0) is 27.6 Å². The molecule has 3 atom stereocenters. The second kappa shape index (κ2) is 7.66. The van der Waals surface area contributed by atoms with Crippen LogP contribution in [0.15, 0.2) is 35.9 Å². The smallest absolute Gasteiger partial charge is 0.227 e. The highest BCUT2D eigenvalue weighted by molar-refractivity contribution is 7.91. The molecular formula is C23H33NO3S. The van der Waals surface area contributed by atoms with Crippen molar-refractivity contribution in [2.45, 2.75) is 60.0 Å². The van der Waals surface area contributed by atoms with Gasteiger partial charge in [-0.25, -0.2) is 8.42 Å². The highest BCUT2D eigenvalue weighted by Gasteiger charge is 2.61. The van der Waals surface area contributed by atoms with Crippen LogP contribution >= 0.6 is 0 Å². The number of sulfone groups is 1. The van der Waals surface area contributed by atoms with Gasteiger partial charge in [-0.05, 0) is 49.1 Å². The van der Waals surface area contributed by atoms with Crippen LogP contribution in [0, 0.1) is 17.3 Å². The van der Waals surface area contributed by atoms with Gasteiger partial charge in [0, 0.05) is 12.6 Å². The van der Waals surface area contributed by atoms with Gasteiger partial charge in [-0.3, -0.25) is 4.79 Å². The van der Waals surface area contributed by atoms with E-state index in [0.29, 0.717) is 13.0 Å². The van der Waals surface area contributed by atoms with Gasteiger partial charge in [0.1, 0.15) is 0 Å². The molecule has 1 aromatic carbocycles. The molecule has 2 fully saturated rings. The summed E-state index contributed by atoms with van der Waals surface area (Å²) in [5, 5.41) is 0. The number of carbonyl (C=O) groups is 1. The zero-order valence-corrected chi connectivity index (χ0v) is 18.6. The molecule has 0 N–H and O–H groups in total. The number of rotatable bonds is 6. The van der Waals surface area contributed by atoms with Crippen molar-refractivity contribution >= 4 is 15.7 Å². The molecule has 154 valence electrons. The van der Waals surface area contributed by atoms with Crippen molar-refractivity contribution in [3.05, 3.63) is 47.0 Å². The Balaban J connectivity index is 1.86. The summed E-state index contributed by atoms with van der Waals surface area (Å²) >= 11 is 0. The van der Waals surface area contributed by atoms with Gasteiger partial charge in [0.05, 0.1) is 17.4 Å². The number of aryl methyl sites for hydroxylation is 1. The molecule has 1 saturated heterocycles. The highest BCUT2D eigenvalue weighted by atomic mass is 32.2. The van der Waals surface area contributed by atoms with Gasteiger partial charge in [0.2, 0.25) is 5.91 Å². The molecule has 2 aliphatic rings. The molecule has 1 heterocycles. The van der Waals surface area contributed by atoms with Crippen LogP contribution in [0.4, 0.5) is 0 Å². The van der Waals surface area contributed by atoms with Crippen LogP contribution in [0.3, 0.4) is 0 Å². The second-order valence-corrected chi connectivity index (χ2v) is 11.5. The Morgan fingerprint density at radius 2 is 1.79 bits per heavy atom. The summed E-state index contributed by atoms with van der Waals surface area (Å²) in [7, 11) is -3.05. The first-order valence-corrected chi connectivity index (χ1v) is 12.1. The average Bonchev–Trinajstić information content (AvgIpc) is 2.95. The van der Waals surface area contributed by atoms with Crippen LogP contribution in [0.25, 0.3) is 0 Å². The standard InChI is InChI=1S/C23H33NO3S/c1-6-17-7-9-18(10-8-17)14-24(19-11-12-28(26,27)15-19)22(25)21-20(13-16(2)3)23(21,4)5/h7-10,13,19-21H,6,11-12,14-15H2,1-5H3/t19-,20-,21-/m0/s1. The molecule has 5 heteroatoms. The fraction of sp³-hybridized carbons (Fsp3) is 0.609. The number of carbonyl (C=O) groups excluding carboxylic acids is 1. The van der Waals surface area contributed by atoms with Gasteiger partial charge in [0.25, 0.3) is 0 Å². The lowest BCUT2D eigenvalue weighted by atomic mass is 10.1. The Hall–Kier alpha value is -1.62. The van der Waals surface area contributed by atoms with E-state index in [9.17, 15) is 13.2 Å². The van der Waals surface area contributed by atoms with Crippen molar-refractivity contribution in [3.8, 4) is 0 Å². The molecule has 0 spiro atoms. The van der Waals surface area contributed by atoms with E-state index in [2.05, 4.69) is 65.0 Å². The van der Waals surface area contributed by atoms with E-state index in [1.54, 1.807) is 0 Å². The molecule has 4 nitrogen and oxygen atoms in total. The second-order valence-electron chi connectivity index (χ2n) is 9.26. The van der Waals surface area contributed by atoms with E-state index in [0.717, 1.165) is 12.0 Å². The zero-order chi connectivity index (χ0) is 20.7. The molecule has 1 aliphatic heterocycles. The fourth-order valence-electron chi connectivity index (χ4n) is 4.48. The van der Waals surface area contributed by atoms with Gasteiger partial charge < -0.3 is 4.90 Å². The molecular weight excluding hydrogens is 370 g/mol. The molecule has 0 aromatic heterocycles. The van der Waals surface area contributed by atoms with E-state index >= 15 is 0 Å². The van der Waals surface area contributed by atoms with Crippen molar-refractivity contribution in [2.75, 3.05) is 11.5 Å². The summed E-state index contributed by atoms with van der Waals surface area (Å²) < 4.78 is 24.2. The molecule has 1 amide bonds. The van der Waals surface area contributed by atoms with Crippen molar-refractivity contribution in [2.24, 2.45) is 17.3 Å². The topological polar surface area (TPSA) is 54.5 Å². The number of nitrogens with zero attached hydrogens (tertiary/aromatic N) is 1. The molecule has 28 heavy (non-hydrogen) atoms. The maximum Gasteiger partial charge on any atom is 0.227 e. The largest absolute Gasteiger partial charge is 0.334 e. The summed E-state index contributed by atoms with van der Waals surface area (Å²) in [5.74, 6) is 0.538. The van der Waals surface area contributed by atoms with Crippen LogP contribution in [0.2, 0.25) is 0 Å². The quantitative estimate of drug-likeness (QED) is 0.675. The Morgan fingerprint density at radius 1 is 1.18 bits per heavy atom. The van der Waals surface area contributed by atoms with E-state index in [-0.39, 0.29) is 40.7 Å². The number of amides is 1. The summed E-state index contributed by atoms with van der Waals surface area (Å²) in [5.41, 5.74) is 3.47. The predicted octanol–water partition coefficient (Wildman–Crippen LogP) is 4.00. The van der Waals surface area contributed by atoms with Crippen molar-refractivity contribution in [1.82, 2.24) is 4.90 Å². The van der Waals surface area contributed by atoms with Crippen molar-refractivity contribution in [3.63, 3.8) is 0 Å². The Bertz CT molecular complexity index is 864. The van der Waals surface area contributed by atoms with E-state index in [4.69, 9.17) is 0 Å². The molecule has 1 saturated carbocycles. The first kappa shape index (κ1) is 21.1. The Labute approximate surface area is 169 Å². The molecule has 0 unspecified atom stereocenters. The Kier molecular flexibility index (Phi) is 5.77. The monoisotopic (exact) mass is 403 g/mol. The zero-order valence-electron chi connectivity index (χ0n) is 17.7. The van der Waals surface area contributed by atoms with Gasteiger partial charge in [-0.15, -0.1) is 0 Å². The minimum Gasteiger partial charge on any atom is -0.334 e. The lowest BCUT2D eigenvalue weighted by Gasteiger charge is -2.29. The third-order valence-electron chi connectivity index (χ3n) is 6.41. The molecule has 0 radical (unpaired) electrons. The third kappa shape index (κ3) is 4.35. The van der Waals surface area contributed by atoms with Crippen molar-refractivity contribution < 1.29 is 13.2 Å². The normalized spacial score (nSPS) is 27.2. The highest BCUT2D eigenvalue weighted by Crippen LogP contribution is 2.60. The first-order chi connectivity index (χ1) is 13.0. The molecule has 1 aromatic rings. The van der Waals surface area contributed by atoms with Crippen LogP contribution in [0.1, 0.15) is 52.2 Å². The van der Waals surface area contributed by atoms with E-state index in [1.807, 2.05) is 4.90 Å².